The van der Waals surface area contributed by atoms with Crippen LogP contribution in [0.5, 0.6) is 0 Å². The molecule has 7 nitrogen and oxygen atoms in total. The van der Waals surface area contributed by atoms with Gasteiger partial charge in [0, 0.05) is 36.0 Å². The Labute approximate surface area is 214 Å². The minimum Gasteiger partial charge on any atom is -0.466 e. The lowest BCUT2D eigenvalue weighted by molar-refractivity contribution is -0.134. The summed E-state index contributed by atoms with van der Waals surface area (Å²) >= 11 is 0. The quantitative estimate of drug-likeness (QED) is 0.256. The fraction of sp³-hybridized carbons (Fsp3) is 0.310. The second-order valence-corrected chi connectivity index (χ2v) is 9.50. The lowest BCUT2D eigenvalue weighted by atomic mass is 9.88. The zero-order valence-electron chi connectivity index (χ0n) is 21.0. The number of nitrogens with zero attached hydrogens (tertiary/aromatic N) is 4. The maximum Gasteiger partial charge on any atom is 0.330 e. The average molecular weight is 501 g/mol. The van der Waals surface area contributed by atoms with Crippen LogP contribution in [0.4, 0.5) is 10.1 Å². The van der Waals surface area contributed by atoms with Crippen molar-refractivity contribution in [3.63, 3.8) is 0 Å². The third-order valence-corrected chi connectivity index (χ3v) is 7.11. The molecule has 1 fully saturated rings. The Morgan fingerprint density at radius 1 is 1.14 bits per heavy atom. The average Bonchev–Trinajstić information content (AvgIpc) is 3.31. The number of carbonyl (C=O) groups is 2. The van der Waals surface area contributed by atoms with Gasteiger partial charge in [0.25, 0.3) is 0 Å². The third-order valence-electron chi connectivity index (χ3n) is 7.11. The van der Waals surface area contributed by atoms with E-state index >= 15 is 4.39 Å². The zero-order chi connectivity index (χ0) is 25.9. The molecule has 2 aromatic heterocycles. The minimum atomic E-state index is -0.478. The van der Waals surface area contributed by atoms with Gasteiger partial charge in [-0.2, -0.15) is 5.10 Å². The first-order valence-electron chi connectivity index (χ1n) is 12.5. The summed E-state index contributed by atoms with van der Waals surface area (Å²) in [6.07, 6.45) is 12.7. The number of esters is 1. The van der Waals surface area contributed by atoms with Gasteiger partial charge in [-0.3, -0.25) is 14.5 Å². The molecule has 0 aliphatic heterocycles. The number of ether oxygens (including phenoxy) is 1. The molecule has 1 aliphatic carbocycles. The zero-order valence-corrected chi connectivity index (χ0v) is 21.0. The topological polar surface area (TPSA) is 77.3 Å². The first kappa shape index (κ1) is 24.6. The highest BCUT2D eigenvalue weighted by atomic mass is 19.1. The Balaban J connectivity index is 1.59. The molecule has 0 unspecified atom stereocenters. The van der Waals surface area contributed by atoms with E-state index < -0.39 is 5.97 Å². The summed E-state index contributed by atoms with van der Waals surface area (Å²) < 4.78 is 22.1. The van der Waals surface area contributed by atoms with Gasteiger partial charge >= 0.3 is 5.97 Å². The molecule has 2 heterocycles. The molecule has 2 aromatic carbocycles. The van der Waals surface area contributed by atoms with Crippen LogP contribution in [0.3, 0.4) is 0 Å². The van der Waals surface area contributed by atoms with Crippen LogP contribution in [0.1, 0.15) is 43.2 Å². The molecule has 0 atom stereocenters. The highest BCUT2D eigenvalue weighted by Crippen LogP contribution is 2.33. The first-order valence-corrected chi connectivity index (χ1v) is 12.5. The first-order chi connectivity index (χ1) is 18.0. The van der Waals surface area contributed by atoms with Gasteiger partial charge < -0.3 is 9.64 Å². The van der Waals surface area contributed by atoms with E-state index in [1.807, 2.05) is 30.3 Å². The number of hydrogen-bond donors (Lipinski definition) is 0. The monoisotopic (exact) mass is 500 g/mol. The van der Waals surface area contributed by atoms with Crippen molar-refractivity contribution in [2.75, 3.05) is 12.0 Å². The molecule has 1 saturated carbocycles. The number of anilines is 1. The van der Waals surface area contributed by atoms with Crippen molar-refractivity contribution in [1.82, 2.24) is 14.8 Å². The summed E-state index contributed by atoms with van der Waals surface area (Å²) in [5.74, 6) is -0.907. The van der Waals surface area contributed by atoms with Crippen LogP contribution in [0.15, 0.2) is 55.0 Å². The number of pyridine rings is 1. The summed E-state index contributed by atoms with van der Waals surface area (Å²) in [5.41, 5.74) is 2.39. The third kappa shape index (κ3) is 4.96. The molecule has 0 saturated heterocycles. The van der Waals surface area contributed by atoms with E-state index in [1.165, 1.54) is 17.9 Å². The van der Waals surface area contributed by atoms with Crippen molar-refractivity contribution in [3.8, 4) is 0 Å². The summed E-state index contributed by atoms with van der Waals surface area (Å²) in [5, 5.41) is 6.19. The van der Waals surface area contributed by atoms with Crippen LogP contribution in [0, 0.1) is 11.7 Å². The maximum atomic E-state index is 15.9. The van der Waals surface area contributed by atoms with Crippen LogP contribution >= 0.6 is 0 Å². The number of aryl methyl sites for hydroxylation is 1. The lowest BCUT2D eigenvalue weighted by Crippen LogP contribution is -2.37. The van der Waals surface area contributed by atoms with Gasteiger partial charge in [0.05, 0.1) is 31.7 Å². The van der Waals surface area contributed by atoms with Crippen molar-refractivity contribution >= 4 is 45.3 Å². The SMILES string of the molecule is COC(=O)/C=C/c1cncc(N(Cc2cccc3cc4cnn(C)c4c(F)c23)C(=O)C2CCCCC2)c1. The Hall–Kier alpha value is -4.07. The van der Waals surface area contributed by atoms with Crippen molar-refractivity contribution in [2.24, 2.45) is 13.0 Å². The van der Waals surface area contributed by atoms with Gasteiger partial charge in [0.1, 0.15) is 5.52 Å². The van der Waals surface area contributed by atoms with Gasteiger partial charge in [-0.1, -0.05) is 37.5 Å². The van der Waals surface area contributed by atoms with E-state index in [1.54, 1.807) is 36.6 Å². The number of fused-ring (bicyclic) bond motifs is 2. The molecular formula is C29H29FN4O3. The molecule has 0 bridgehead atoms. The van der Waals surface area contributed by atoms with Crippen LogP contribution in [0.2, 0.25) is 0 Å². The molecule has 1 amide bonds. The minimum absolute atomic E-state index is 0.00891. The fourth-order valence-electron chi connectivity index (χ4n) is 5.21. The van der Waals surface area contributed by atoms with E-state index in [0.29, 0.717) is 27.7 Å². The number of halogens is 1. The number of rotatable bonds is 6. The number of hydrogen-bond acceptors (Lipinski definition) is 5. The van der Waals surface area contributed by atoms with Gasteiger partial charge in [-0.05, 0) is 47.6 Å². The van der Waals surface area contributed by atoms with E-state index in [0.717, 1.165) is 42.9 Å². The van der Waals surface area contributed by atoms with Crippen LogP contribution in [-0.4, -0.2) is 33.8 Å². The van der Waals surface area contributed by atoms with Gasteiger partial charge in [-0.25, -0.2) is 9.18 Å². The second kappa shape index (κ2) is 10.5. The maximum absolute atomic E-state index is 15.9. The van der Waals surface area contributed by atoms with E-state index in [2.05, 4.69) is 14.8 Å². The number of benzene rings is 2. The number of carbonyl (C=O) groups excluding carboxylic acids is 2. The van der Waals surface area contributed by atoms with E-state index in [-0.39, 0.29) is 24.2 Å². The molecule has 0 radical (unpaired) electrons. The summed E-state index contributed by atoms with van der Waals surface area (Å²) in [6, 6.07) is 9.37. The highest BCUT2D eigenvalue weighted by molar-refractivity contribution is 6.00. The van der Waals surface area contributed by atoms with Crippen molar-refractivity contribution < 1.29 is 18.7 Å². The van der Waals surface area contributed by atoms with Crippen LogP contribution in [0.25, 0.3) is 27.8 Å². The standard InChI is InChI=1S/C29H29FN4O3/c1-33-28-23(16-32-33)14-21-9-6-10-22(26(21)27(28)30)18-34(29(36)20-7-4-3-5-8-20)24-13-19(15-31-17-24)11-12-25(35)37-2/h6,9-17,20H,3-5,7-8,18H2,1-2H3/b12-11+. The largest absolute Gasteiger partial charge is 0.466 e. The Morgan fingerprint density at radius 2 is 1.95 bits per heavy atom. The summed E-state index contributed by atoms with van der Waals surface area (Å²) in [4.78, 5) is 31.5. The second-order valence-electron chi connectivity index (χ2n) is 9.50. The number of aromatic nitrogens is 3. The Morgan fingerprint density at radius 3 is 2.73 bits per heavy atom. The molecule has 1 aliphatic rings. The Kier molecular flexibility index (Phi) is 6.99. The van der Waals surface area contributed by atoms with Crippen molar-refractivity contribution in [1.29, 1.82) is 0 Å². The fourth-order valence-corrected chi connectivity index (χ4v) is 5.21. The number of amides is 1. The van der Waals surface area contributed by atoms with Crippen molar-refractivity contribution in [2.45, 2.75) is 38.6 Å². The van der Waals surface area contributed by atoms with Gasteiger partial charge in [-0.15, -0.1) is 0 Å². The molecule has 5 rings (SSSR count). The number of methoxy groups -OCH3 is 1. The van der Waals surface area contributed by atoms with Crippen LogP contribution < -0.4 is 4.90 Å². The van der Waals surface area contributed by atoms with Crippen molar-refractivity contribution in [3.05, 3.63) is 71.9 Å². The molecular weight excluding hydrogens is 471 g/mol. The molecule has 8 heteroatoms. The normalized spacial score (nSPS) is 14.5. The highest BCUT2D eigenvalue weighted by Gasteiger charge is 2.28. The molecule has 37 heavy (non-hydrogen) atoms. The predicted molar refractivity (Wildman–Crippen MR) is 141 cm³/mol. The van der Waals surface area contributed by atoms with Gasteiger partial charge in [0.2, 0.25) is 5.91 Å². The predicted octanol–water partition coefficient (Wildman–Crippen LogP) is 5.56. The smallest absolute Gasteiger partial charge is 0.330 e. The van der Waals surface area contributed by atoms with E-state index in [9.17, 15) is 9.59 Å². The Bertz CT molecular complexity index is 1500. The lowest BCUT2D eigenvalue weighted by Gasteiger charge is -2.30. The summed E-state index contributed by atoms with van der Waals surface area (Å²) in [6.45, 7) is 0.193. The van der Waals surface area contributed by atoms with Crippen LogP contribution in [-0.2, 0) is 27.9 Å². The summed E-state index contributed by atoms with van der Waals surface area (Å²) in [7, 11) is 3.03. The molecule has 0 N–H and O–H groups in total. The molecule has 190 valence electrons. The molecule has 4 aromatic rings. The van der Waals surface area contributed by atoms with E-state index in [4.69, 9.17) is 0 Å². The van der Waals surface area contributed by atoms with Gasteiger partial charge in [0.15, 0.2) is 5.82 Å². The molecule has 0 spiro atoms.